The molecule has 0 spiro atoms. The summed E-state index contributed by atoms with van der Waals surface area (Å²) in [7, 11) is 0. The summed E-state index contributed by atoms with van der Waals surface area (Å²) < 4.78 is 4.92. The zero-order chi connectivity index (χ0) is 8.32. The Balaban J connectivity index is 2.71. The van der Waals surface area contributed by atoms with E-state index in [4.69, 9.17) is 10.00 Å². The van der Waals surface area contributed by atoms with Gasteiger partial charge >= 0.3 is 0 Å². The average molecular weight is 149 g/mol. The molecule has 0 N–H and O–H groups in total. The van der Waals surface area contributed by atoms with Gasteiger partial charge in [0.15, 0.2) is 0 Å². The molecule has 0 fully saturated rings. The molecule has 0 aromatic carbocycles. The molecule has 58 valence electrons. The molecule has 1 aliphatic carbocycles. The molecule has 0 saturated carbocycles. The molecule has 0 radical (unpaired) electrons. The van der Waals surface area contributed by atoms with Crippen molar-refractivity contribution in [2.24, 2.45) is 0 Å². The molecule has 1 unspecified atom stereocenters. The van der Waals surface area contributed by atoms with Crippen LogP contribution >= 0.6 is 0 Å². The van der Waals surface area contributed by atoms with Crippen LogP contribution in [0.25, 0.3) is 0 Å². The SMILES string of the molecule is CC1=CC=CC(C)(OC#N)C1. The zero-order valence-electron chi connectivity index (χ0n) is 6.79. The minimum Gasteiger partial charge on any atom is -0.417 e. The van der Waals surface area contributed by atoms with E-state index in [0.29, 0.717) is 0 Å². The van der Waals surface area contributed by atoms with Gasteiger partial charge in [-0.1, -0.05) is 17.7 Å². The van der Waals surface area contributed by atoms with Gasteiger partial charge in [-0.25, -0.2) is 0 Å². The van der Waals surface area contributed by atoms with Crippen LogP contribution in [0.4, 0.5) is 0 Å². The molecule has 0 aliphatic heterocycles. The first-order valence-corrected chi connectivity index (χ1v) is 3.58. The summed E-state index contributed by atoms with van der Waals surface area (Å²) >= 11 is 0. The monoisotopic (exact) mass is 149 g/mol. The van der Waals surface area contributed by atoms with E-state index in [0.717, 1.165) is 6.42 Å². The smallest absolute Gasteiger partial charge is 0.287 e. The molecule has 0 saturated heterocycles. The van der Waals surface area contributed by atoms with E-state index in [-0.39, 0.29) is 0 Å². The van der Waals surface area contributed by atoms with Gasteiger partial charge < -0.3 is 4.74 Å². The van der Waals surface area contributed by atoms with Crippen LogP contribution in [-0.4, -0.2) is 5.60 Å². The maximum atomic E-state index is 8.34. The molecule has 0 bridgehead atoms. The lowest BCUT2D eigenvalue weighted by atomic mass is 9.92. The fourth-order valence-corrected chi connectivity index (χ4v) is 1.26. The van der Waals surface area contributed by atoms with Crippen LogP contribution in [0.15, 0.2) is 23.8 Å². The van der Waals surface area contributed by atoms with Gasteiger partial charge in [0.2, 0.25) is 0 Å². The Hall–Kier alpha value is -1.23. The third-order valence-electron chi connectivity index (χ3n) is 1.74. The Morgan fingerprint density at radius 3 is 3.00 bits per heavy atom. The summed E-state index contributed by atoms with van der Waals surface area (Å²) in [6.07, 6.45) is 8.39. The molecule has 1 aliphatic rings. The maximum absolute atomic E-state index is 8.34. The lowest BCUT2D eigenvalue weighted by Gasteiger charge is -2.25. The molecule has 0 amide bonds. The van der Waals surface area contributed by atoms with Crippen molar-refractivity contribution in [2.45, 2.75) is 25.9 Å². The number of allylic oxidation sites excluding steroid dienone is 2. The van der Waals surface area contributed by atoms with Crippen LogP contribution < -0.4 is 0 Å². The predicted octanol–water partition coefficient (Wildman–Crippen LogP) is 2.15. The van der Waals surface area contributed by atoms with Gasteiger partial charge in [-0.3, -0.25) is 0 Å². The first-order chi connectivity index (χ1) is 5.16. The van der Waals surface area contributed by atoms with Crippen LogP contribution in [0.2, 0.25) is 0 Å². The van der Waals surface area contributed by atoms with E-state index in [1.807, 2.05) is 32.1 Å². The van der Waals surface area contributed by atoms with E-state index in [1.165, 1.54) is 5.57 Å². The lowest BCUT2D eigenvalue weighted by molar-refractivity contribution is 0.101. The van der Waals surface area contributed by atoms with Crippen LogP contribution in [-0.2, 0) is 4.74 Å². The van der Waals surface area contributed by atoms with Crippen molar-refractivity contribution in [1.82, 2.24) is 0 Å². The highest BCUT2D eigenvalue weighted by Crippen LogP contribution is 2.25. The van der Waals surface area contributed by atoms with E-state index in [9.17, 15) is 0 Å². The summed E-state index contributed by atoms with van der Waals surface area (Å²) in [5.74, 6) is 0. The van der Waals surface area contributed by atoms with Gasteiger partial charge in [0.1, 0.15) is 5.60 Å². The zero-order valence-corrected chi connectivity index (χ0v) is 6.79. The summed E-state index contributed by atoms with van der Waals surface area (Å²) in [5.41, 5.74) is 0.832. The number of hydrogen-bond acceptors (Lipinski definition) is 2. The van der Waals surface area contributed by atoms with E-state index >= 15 is 0 Å². The molecule has 11 heavy (non-hydrogen) atoms. The highest BCUT2D eigenvalue weighted by Gasteiger charge is 2.24. The largest absolute Gasteiger partial charge is 0.417 e. The maximum Gasteiger partial charge on any atom is 0.287 e. The van der Waals surface area contributed by atoms with Crippen molar-refractivity contribution < 1.29 is 4.74 Å². The summed E-state index contributed by atoms with van der Waals surface area (Å²) in [4.78, 5) is 0. The lowest BCUT2D eigenvalue weighted by Crippen LogP contribution is -2.25. The molecule has 0 heterocycles. The normalized spacial score (nSPS) is 29.0. The van der Waals surface area contributed by atoms with Crippen LogP contribution in [0.5, 0.6) is 0 Å². The first-order valence-electron chi connectivity index (χ1n) is 3.58. The van der Waals surface area contributed by atoms with Crippen molar-refractivity contribution in [3.8, 4) is 6.26 Å². The Labute approximate surface area is 66.8 Å². The van der Waals surface area contributed by atoms with Crippen molar-refractivity contribution >= 4 is 0 Å². The van der Waals surface area contributed by atoms with E-state index in [2.05, 4.69) is 0 Å². The highest BCUT2D eigenvalue weighted by molar-refractivity contribution is 5.23. The predicted molar refractivity (Wildman–Crippen MR) is 42.6 cm³/mol. The van der Waals surface area contributed by atoms with Gasteiger partial charge in [0, 0.05) is 6.42 Å². The Bertz CT molecular complexity index is 247. The molecule has 0 aromatic heterocycles. The quantitative estimate of drug-likeness (QED) is 0.535. The topological polar surface area (TPSA) is 33.0 Å². The molecule has 2 nitrogen and oxygen atoms in total. The molecule has 1 rings (SSSR count). The summed E-state index contributed by atoms with van der Waals surface area (Å²) in [6, 6.07) is 0. The molecular weight excluding hydrogens is 138 g/mol. The third-order valence-corrected chi connectivity index (χ3v) is 1.74. The number of ether oxygens (including phenoxy) is 1. The number of nitriles is 1. The number of nitrogens with zero attached hydrogens (tertiary/aromatic N) is 1. The van der Waals surface area contributed by atoms with Gasteiger partial charge in [0.05, 0.1) is 0 Å². The standard InChI is InChI=1S/C9H11NO/c1-8-4-3-5-9(2,6-8)11-7-10/h3-5H,6H2,1-2H3. The fourth-order valence-electron chi connectivity index (χ4n) is 1.26. The molecular formula is C9H11NO. The Morgan fingerprint density at radius 1 is 1.73 bits per heavy atom. The van der Waals surface area contributed by atoms with Crippen LogP contribution in [0.1, 0.15) is 20.3 Å². The number of hydrogen-bond donors (Lipinski definition) is 0. The highest BCUT2D eigenvalue weighted by atomic mass is 16.5. The summed E-state index contributed by atoms with van der Waals surface area (Å²) in [5, 5.41) is 8.34. The van der Waals surface area contributed by atoms with Gasteiger partial charge in [-0.05, 0) is 19.9 Å². The second-order valence-corrected chi connectivity index (χ2v) is 3.05. The van der Waals surface area contributed by atoms with Crippen molar-refractivity contribution in [3.05, 3.63) is 23.8 Å². The Morgan fingerprint density at radius 2 is 2.45 bits per heavy atom. The fraction of sp³-hybridized carbons (Fsp3) is 0.444. The second kappa shape index (κ2) is 2.79. The van der Waals surface area contributed by atoms with Crippen molar-refractivity contribution in [2.75, 3.05) is 0 Å². The van der Waals surface area contributed by atoms with Crippen molar-refractivity contribution in [3.63, 3.8) is 0 Å². The molecule has 0 aromatic rings. The van der Waals surface area contributed by atoms with E-state index < -0.39 is 5.60 Å². The molecule has 2 heteroatoms. The van der Waals surface area contributed by atoms with Crippen molar-refractivity contribution in [1.29, 1.82) is 5.26 Å². The van der Waals surface area contributed by atoms with Crippen LogP contribution in [0, 0.1) is 11.5 Å². The van der Waals surface area contributed by atoms with E-state index in [1.54, 1.807) is 6.26 Å². The molecule has 1 atom stereocenters. The van der Waals surface area contributed by atoms with Gasteiger partial charge in [0.25, 0.3) is 6.26 Å². The van der Waals surface area contributed by atoms with Crippen LogP contribution in [0.3, 0.4) is 0 Å². The third kappa shape index (κ3) is 1.84. The van der Waals surface area contributed by atoms with Gasteiger partial charge in [-0.15, -0.1) is 0 Å². The average Bonchev–Trinajstić information content (AvgIpc) is 1.86. The first kappa shape index (κ1) is 7.87. The summed E-state index contributed by atoms with van der Waals surface area (Å²) in [6.45, 7) is 3.94. The second-order valence-electron chi connectivity index (χ2n) is 3.05. The number of rotatable bonds is 1. The minimum absolute atomic E-state index is 0.409. The minimum atomic E-state index is -0.409. The van der Waals surface area contributed by atoms with Gasteiger partial charge in [-0.2, -0.15) is 5.26 Å². The Kier molecular flexibility index (Phi) is 2.00.